The molecule has 0 aliphatic carbocycles. The molecule has 6 nitrogen and oxygen atoms in total. The largest absolute Gasteiger partial charge is 0.326 e. The first-order valence-corrected chi connectivity index (χ1v) is 8.17. The number of amides is 1. The van der Waals surface area contributed by atoms with Crippen molar-refractivity contribution in [2.24, 2.45) is 5.73 Å². The van der Waals surface area contributed by atoms with Crippen molar-refractivity contribution < 1.29 is 4.79 Å². The summed E-state index contributed by atoms with van der Waals surface area (Å²) in [4.78, 5) is 18.2. The Morgan fingerprint density at radius 3 is 3.21 bits per heavy atom. The molecule has 1 amide bonds. The minimum Gasteiger partial charge on any atom is -0.326 e. The summed E-state index contributed by atoms with van der Waals surface area (Å²) in [5, 5.41) is 4.11. The van der Waals surface area contributed by atoms with Crippen LogP contribution in [0.2, 0.25) is 0 Å². The van der Waals surface area contributed by atoms with Crippen LogP contribution in [0.25, 0.3) is 0 Å². The first-order chi connectivity index (χ1) is 9.17. The predicted octanol–water partition coefficient (Wildman–Crippen LogP) is 1.01. The van der Waals surface area contributed by atoms with E-state index in [9.17, 15) is 4.79 Å². The predicted molar refractivity (Wildman–Crippen MR) is 78.6 cm³/mol. The average Bonchev–Trinajstić information content (AvgIpc) is 2.96. The molecule has 106 valence electrons. The SMILES string of the molecule is CCCSc1nsc(NC(=O)CN2CC[C@H](N)C2)n1. The molecule has 1 aromatic rings. The molecule has 0 unspecified atom stereocenters. The van der Waals surface area contributed by atoms with Crippen LogP contribution in [0, 0.1) is 0 Å². The molecular weight excluding hydrogens is 282 g/mol. The molecule has 1 aliphatic heterocycles. The van der Waals surface area contributed by atoms with Crippen LogP contribution in [0.15, 0.2) is 5.16 Å². The van der Waals surface area contributed by atoms with Crippen molar-refractivity contribution in [2.45, 2.75) is 31.0 Å². The summed E-state index contributed by atoms with van der Waals surface area (Å²) in [5.74, 6) is 0.952. The Kier molecular flexibility index (Phi) is 5.56. The summed E-state index contributed by atoms with van der Waals surface area (Å²) in [5.41, 5.74) is 5.81. The highest BCUT2D eigenvalue weighted by molar-refractivity contribution is 7.99. The molecule has 2 heterocycles. The molecule has 0 saturated carbocycles. The summed E-state index contributed by atoms with van der Waals surface area (Å²) in [7, 11) is 0. The Morgan fingerprint density at radius 2 is 2.53 bits per heavy atom. The number of carbonyl (C=O) groups is 1. The number of nitrogens with two attached hydrogens (primary N) is 1. The monoisotopic (exact) mass is 301 g/mol. The van der Waals surface area contributed by atoms with Gasteiger partial charge in [0.1, 0.15) is 0 Å². The van der Waals surface area contributed by atoms with Crippen LogP contribution in [0.4, 0.5) is 5.13 Å². The zero-order valence-electron chi connectivity index (χ0n) is 11.0. The first-order valence-electron chi connectivity index (χ1n) is 6.41. The molecule has 2 rings (SSSR count). The third-order valence-corrected chi connectivity index (χ3v) is 4.56. The van der Waals surface area contributed by atoms with Gasteiger partial charge in [0.25, 0.3) is 0 Å². The molecule has 0 spiro atoms. The third kappa shape index (κ3) is 4.72. The average molecular weight is 301 g/mol. The number of nitrogens with one attached hydrogen (secondary N) is 1. The number of hydrogen-bond donors (Lipinski definition) is 2. The lowest BCUT2D eigenvalue weighted by molar-refractivity contribution is -0.117. The molecule has 0 bridgehead atoms. The van der Waals surface area contributed by atoms with Gasteiger partial charge in [0, 0.05) is 36.4 Å². The minimum absolute atomic E-state index is 0.0442. The van der Waals surface area contributed by atoms with Gasteiger partial charge in [-0.2, -0.15) is 9.36 Å². The van der Waals surface area contributed by atoms with Gasteiger partial charge in [-0.25, -0.2) is 0 Å². The highest BCUT2D eigenvalue weighted by Crippen LogP contribution is 2.20. The van der Waals surface area contributed by atoms with E-state index in [1.165, 1.54) is 11.5 Å². The lowest BCUT2D eigenvalue weighted by atomic mass is 10.3. The number of anilines is 1. The lowest BCUT2D eigenvalue weighted by Crippen LogP contribution is -2.33. The van der Waals surface area contributed by atoms with E-state index >= 15 is 0 Å². The van der Waals surface area contributed by atoms with Gasteiger partial charge in [-0.1, -0.05) is 18.7 Å². The van der Waals surface area contributed by atoms with Crippen molar-refractivity contribution in [2.75, 3.05) is 30.7 Å². The number of aromatic nitrogens is 2. The van der Waals surface area contributed by atoms with Gasteiger partial charge in [0.2, 0.25) is 16.2 Å². The number of likely N-dealkylation sites (tertiary alicyclic amines) is 1. The molecule has 3 N–H and O–H groups in total. The summed E-state index contributed by atoms with van der Waals surface area (Å²) in [6.07, 6.45) is 2.05. The standard InChI is InChI=1S/C11H19N5OS2/c1-2-5-18-11-14-10(19-15-11)13-9(17)7-16-4-3-8(12)6-16/h8H,2-7,12H2,1H3,(H,13,14,15,17)/t8-/m0/s1. The van der Waals surface area contributed by atoms with Gasteiger partial charge in [-0.05, 0) is 12.8 Å². The Bertz CT molecular complexity index is 425. The van der Waals surface area contributed by atoms with Crippen molar-refractivity contribution in [3.63, 3.8) is 0 Å². The van der Waals surface area contributed by atoms with E-state index in [-0.39, 0.29) is 11.9 Å². The number of rotatable bonds is 6. The molecule has 1 saturated heterocycles. The highest BCUT2D eigenvalue weighted by atomic mass is 32.2. The number of nitrogens with zero attached hydrogens (tertiary/aromatic N) is 3. The number of carbonyl (C=O) groups excluding carboxylic acids is 1. The fourth-order valence-electron chi connectivity index (χ4n) is 1.88. The summed E-state index contributed by atoms with van der Waals surface area (Å²) < 4.78 is 4.20. The zero-order chi connectivity index (χ0) is 13.7. The molecule has 8 heteroatoms. The fourth-order valence-corrected chi connectivity index (χ4v) is 3.30. The fraction of sp³-hybridized carbons (Fsp3) is 0.727. The van der Waals surface area contributed by atoms with Crippen LogP contribution < -0.4 is 11.1 Å². The maximum absolute atomic E-state index is 11.8. The van der Waals surface area contributed by atoms with Gasteiger partial charge in [0.15, 0.2) is 0 Å². The minimum atomic E-state index is -0.0442. The van der Waals surface area contributed by atoms with E-state index in [4.69, 9.17) is 5.73 Å². The molecule has 1 aliphatic rings. The highest BCUT2D eigenvalue weighted by Gasteiger charge is 2.21. The van der Waals surface area contributed by atoms with Crippen LogP contribution in [-0.2, 0) is 4.79 Å². The van der Waals surface area contributed by atoms with E-state index in [0.717, 1.165) is 36.8 Å². The molecule has 1 fully saturated rings. The second kappa shape index (κ2) is 7.18. The quantitative estimate of drug-likeness (QED) is 0.763. The zero-order valence-corrected chi connectivity index (χ0v) is 12.6. The van der Waals surface area contributed by atoms with Crippen molar-refractivity contribution >= 4 is 34.3 Å². The third-order valence-electron chi connectivity index (χ3n) is 2.77. The van der Waals surface area contributed by atoms with Crippen LogP contribution >= 0.6 is 23.3 Å². The Morgan fingerprint density at radius 1 is 1.68 bits per heavy atom. The topological polar surface area (TPSA) is 84.1 Å². The van der Waals surface area contributed by atoms with Crippen LogP contribution in [0.5, 0.6) is 0 Å². The summed E-state index contributed by atoms with van der Waals surface area (Å²) in [6, 6.07) is 0.200. The van der Waals surface area contributed by atoms with Crippen molar-refractivity contribution in [1.82, 2.24) is 14.3 Å². The van der Waals surface area contributed by atoms with Crippen LogP contribution in [-0.4, -0.2) is 51.6 Å². The maximum atomic E-state index is 11.8. The van der Waals surface area contributed by atoms with Gasteiger partial charge in [-0.3, -0.25) is 15.0 Å². The van der Waals surface area contributed by atoms with Gasteiger partial charge >= 0.3 is 0 Å². The normalized spacial score (nSPS) is 19.8. The van der Waals surface area contributed by atoms with Gasteiger partial charge in [-0.15, -0.1) is 0 Å². The van der Waals surface area contributed by atoms with E-state index in [1.807, 2.05) is 0 Å². The first kappa shape index (κ1) is 14.7. The van der Waals surface area contributed by atoms with Crippen LogP contribution in [0.3, 0.4) is 0 Å². The smallest absolute Gasteiger partial charge is 0.240 e. The van der Waals surface area contributed by atoms with E-state index in [2.05, 4.69) is 26.5 Å². The van der Waals surface area contributed by atoms with Gasteiger partial charge < -0.3 is 5.73 Å². The Labute approximate surface area is 121 Å². The van der Waals surface area contributed by atoms with Crippen molar-refractivity contribution in [3.8, 4) is 0 Å². The summed E-state index contributed by atoms with van der Waals surface area (Å²) >= 11 is 2.84. The van der Waals surface area contributed by atoms with Crippen LogP contribution in [0.1, 0.15) is 19.8 Å². The van der Waals surface area contributed by atoms with Crippen molar-refractivity contribution in [3.05, 3.63) is 0 Å². The second-order valence-corrected chi connectivity index (χ2v) is 6.38. The Balaban J connectivity index is 1.77. The van der Waals surface area contributed by atoms with E-state index in [1.54, 1.807) is 11.8 Å². The second-order valence-electron chi connectivity index (χ2n) is 4.56. The number of hydrogen-bond acceptors (Lipinski definition) is 7. The Hall–Kier alpha value is -0.700. The van der Waals surface area contributed by atoms with Crippen molar-refractivity contribution in [1.29, 1.82) is 0 Å². The lowest BCUT2D eigenvalue weighted by Gasteiger charge is -2.13. The molecule has 0 aromatic carbocycles. The molecule has 1 aromatic heterocycles. The van der Waals surface area contributed by atoms with E-state index < -0.39 is 0 Å². The van der Waals surface area contributed by atoms with E-state index in [0.29, 0.717) is 11.7 Å². The molecule has 19 heavy (non-hydrogen) atoms. The molecule has 1 atom stereocenters. The maximum Gasteiger partial charge on any atom is 0.240 e. The van der Waals surface area contributed by atoms with Gasteiger partial charge in [0.05, 0.1) is 6.54 Å². The summed E-state index contributed by atoms with van der Waals surface area (Å²) in [6.45, 7) is 4.18. The molecule has 0 radical (unpaired) electrons. The number of thioether (sulfide) groups is 1. The molecular formula is C11H19N5OS2.